The lowest BCUT2D eigenvalue weighted by Gasteiger charge is -2.20. The summed E-state index contributed by atoms with van der Waals surface area (Å²) in [6, 6.07) is -1.53. The minimum Gasteiger partial charge on any atom is -0.480 e. The highest BCUT2D eigenvalue weighted by molar-refractivity contribution is 7.47. The molecule has 12 heteroatoms. The number of carbonyl (C=O) groups excluding carboxylic acids is 2. The van der Waals surface area contributed by atoms with E-state index in [1.54, 1.807) is 0 Å². The van der Waals surface area contributed by atoms with Crippen LogP contribution in [0.25, 0.3) is 0 Å². The molecule has 0 fully saturated rings. The Morgan fingerprint density at radius 3 is 1.47 bits per heavy atom. The molecule has 1 unspecified atom stereocenters. The lowest BCUT2D eigenvalue weighted by molar-refractivity contribution is -0.161. The topological polar surface area (TPSA) is 172 Å². The fourth-order valence-corrected chi connectivity index (χ4v) is 6.24. The van der Waals surface area contributed by atoms with Gasteiger partial charge in [0.2, 0.25) is 0 Å². The maximum atomic E-state index is 12.6. The van der Waals surface area contributed by atoms with Crippen LogP contribution in [0.3, 0.4) is 0 Å². The summed E-state index contributed by atoms with van der Waals surface area (Å²) in [6.45, 7) is 2.73. The number of nitrogens with two attached hydrogens (primary N) is 1. The summed E-state index contributed by atoms with van der Waals surface area (Å²) in [7, 11) is -4.72. The highest BCUT2D eigenvalue weighted by Gasteiger charge is 2.28. The Morgan fingerprint density at radius 2 is 0.964 bits per heavy atom. The van der Waals surface area contributed by atoms with Crippen molar-refractivity contribution in [2.45, 2.75) is 187 Å². The van der Waals surface area contributed by atoms with Gasteiger partial charge in [-0.2, -0.15) is 0 Å². The smallest absolute Gasteiger partial charge is 0.472 e. The molecule has 0 aromatic heterocycles. The SMILES string of the molecule is CCCCC/C=C\C/C=C\C/C=C\C/C=C\CCCCCC(=O)OC[C@H](COP(=O)(O)OC[C@H](N)C(=O)O)OC(=O)CCCCCCCCCCCCCC. The van der Waals surface area contributed by atoms with Gasteiger partial charge in [-0.15, -0.1) is 0 Å². The van der Waals surface area contributed by atoms with Crippen molar-refractivity contribution in [3.8, 4) is 0 Å². The number of hydrogen-bond acceptors (Lipinski definition) is 9. The Hall–Kier alpha value is -2.56. The highest BCUT2D eigenvalue weighted by atomic mass is 31.2. The van der Waals surface area contributed by atoms with Crippen molar-refractivity contribution >= 4 is 25.7 Å². The first-order chi connectivity index (χ1) is 26.6. The first-order valence-corrected chi connectivity index (χ1v) is 22.7. The minimum atomic E-state index is -4.72. The summed E-state index contributed by atoms with van der Waals surface area (Å²) in [5.41, 5.74) is 5.32. The Labute approximate surface area is 333 Å². The standard InChI is InChI=1S/C43H76NO10P/c1-3-5-7-9-11-13-15-17-18-19-20-21-22-23-25-26-28-30-32-34-41(45)51-36-39(37-52-55(49,50)53-38-40(44)43(47)48)54-42(46)35-33-31-29-27-24-16-14-12-10-8-6-4-2/h11,13,17-18,20-21,23,25,39-40H,3-10,12,14-16,19,22,24,26-38,44H2,1-2H3,(H,47,48)(H,49,50)/b13-11-,18-17-,21-20-,25-23-/t39-,40+/m1/s1. The van der Waals surface area contributed by atoms with Gasteiger partial charge < -0.3 is 25.2 Å². The molecule has 0 aliphatic heterocycles. The van der Waals surface area contributed by atoms with E-state index in [-0.39, 0.29) is 19.4 Å². The molecule has 0 radical (unpaired) electrons. The van der Waals surface area contributed by atoms with Gasteiger partial charge in [0.1, 0.15) is 12.6 Å². The monoisotopic (exact) mass is 798 g/mol. The Kier molecular flexibility index (Phi) is 36.5. The maximum absolute atomic E-state index is 12.6. The number of carboxylic acid groups (broad SMARTS) is 1. The molecule has 0 bridgehead atoms. The van der Waals surface area contributed by atoms with Gasteiger partial charge in [0, 0.05) is 12.8 Å². The zero-order valence-electron chi connectivity index (χ0n) is 34.3. The molecule has 0 saturated carbocycles. The average molecular weight is 798 g/mol. The Bertz CT molecular complexity index is 1120. The lowest BCUT2D eigenvalue weighted by atomic mass is 10.0. The second-order valence-electron chi connectivity index (χ2n) is 14.1. The molecule has 0 spiro atoms. The van der Waals surface area contributed by atoms with E-state index in [4.69, 9.17) is 24.8 Å². The molecule has 11 nitrogen and oxygen atoms in total. The first-order valence-electron chi connectivity index (χ1n) is 21.2. The van der Waals surface area contributed by atoms with Gasteiger partial charge in [-0.25, -0.2) is 4.57 Å². The van der Waals surface area contributed by atoms with Crippen molar-refractivity contribution in [1.29, 1.82) is 0 Å². The molecular formula is C43H76NO10P. The van der Waals surface area contributed by atoms with E-state index in [1.807, 2.05) is 0 Å². The van der Waals surface area contributed by atoms with Crippen LogP contribution >= 0.6 is 7.82 Å². The van der Waals surface area contributed by atoms with E-state index in [9.17, 15) is 23.8 Å². The van der Waals surface area contributed by atoms with Crippen molar-refractivity contribution in [3.05, 3.63) is 48.6 Å². The fraction of sp³-hybridized carbons (Fsp3) is 0.744. The molecule has 4 N–H and O–H groups in total. The van der Waals surface area contributed by atoms with Crippen LogP contribution in [0.2, 0.25) is 0 Å². The van der Waals surface area contributed by atoms with Crippen LogP contribution in [0, 0.1) is 0 Å². The maximum Gasteiger partial charge on any atom is 0.472 e. The molecule has 318 valence electrons. The van der Waals surface area contributed by atoms with Crippen LogP contribution in [-0.4, -0.2) is 59.9 Å². The van der Waals surface area contributed by atoms with Gasteiger partial charge in [-0.05, 0) is 57.8 Å². The number of hydrogen-bond donors (Lipinski definition) is 3. The van der Waals surface area contributed by atoms with Gasteiger partial charge in [0.05, 0.1) is 13.2 Å². The van der Waals surface area contributed by atoms with Gasteiger partial charge in [0.15, 0.2) is 6.10 Å². The van der Waals surface area contributed by atoms with E-state index in [1.165, 1.54) is 77.0 Å². The first kappa shape index (κ1) is 52.4. The Balaban J connectivity index is 4.42. The predicted molar refractivity (Wildman–Crippen MR) is 222 cm³/mol. The third kappa shape index (κ3) is 38.1. The molecule has 0 aromatic rings. The van der Waals surface area contributed by atoms with Crippen LogP contribution in [-0.2, 0) is 37.5 Å². The summed E-state index contributed by atoms with van der Waals surface area (Å²) < 4.78 is 32.6. The molecule has 3 atom stereocenters. The van der Waals surface area contributed by atoms with E-state index in [0.717, 1.165) is 57.8 Å². The third-order valence-electron chi connectivity index (χ3n) is 8.83. The van der Waals surface area contributed by atoms with Gasteiger partial charge in [-0.3, -0.25) is 23.4 Å². The summed E-state index contributed by atoms with van der Waals surface area (Å²) in [6.07, 6.45) is 41.7. The Morgan fingerprint density at radius 1 is 0.564 bits per heavy atom. The molecule has 0 heterocycles. The number of ether oxygens (including phenoxy) is 2. The van der Waals surface area contributed by atoms with E-state index in [2.05, 4.69) is 67.0 Å². The van der Waals surface area contributed by atoms with Crippen LogP contribution in [0.1, 0.15) is 174 Å². The number of allylic oxidation sites excluding steroid dienone is 8. The van der Waals surface area contributed by atoms with Crippen LogP contribution in [0.4, 0.5) is 0 Å². The highest BCUT2D eigenvalue weighted by Crippen LogP contribution is 2.43. The number of aliphatic carboxylic acids is 1. The number of phosphoric ester groups is 1. The minimum absolute atomic E-state index is 0.155. The summed E-state index contributed by atoms with van der Waals surface area (Å²) in [5.74, 6) is -2.42. The van der Waals surface area contributed by atoms with Gasteiger partial charge in [-0.1, -0.05) is 152 Å². The molecule has 0 aliphatic carbocycles. The van der Waals surface area contributed by atoms with Crippen molar-refractivity contribution < 1.29 is 47.5 Å². The molecule has 0 aromatic carbocycles. The van der Waals surface area contributed by atoms with Crippen LogP contribution in [0.15, 0.2) is 48.6 Å². The van der Waals surface area contributed by atoms with E-state index in [0.29, 0.717) is 12.8 Å². The number of unbranched alkanes of at least 4 members (excludes halogenated alkanes) is 17. The molecule has 0 amide bonds. The van der Waals surface area contributed by atoms with E-state index >= 15 is 0 Å². The largest absolute Gasteiger partial charge is 0.480 e. The number of phosphoric acid groups is 1. The molecule has 55 heavy (non-hydrogen) atoms. The lowest BCUT2D eigenvalue weighted by Crippen LogP contribution is -2.34. The molecule has 0 saturated heterocycles. The van der Waals surface area contributed by atoms with Gasteiger partial charge in [0.25, 0.3) is 0 Å². The fourth-order valence-electron chi connectivity index (χ4n) is 5.46. The van der Waals surface area contributed by atoms with E-state index < -0.39 is 51.1 Å². The van der Waals surface area contributed by atoms with Crippen LogP contribution < -0.4 is 5.73 Å². The number of rotatable bonds is 39. The van der Waals surface area contributed by atoms with Crippen molar-refractivity contribution in [2.24, 2.45) is 5.73 Å². The summed E-state index contributed by atoms with van der Waals surface area (Å²) in [5, 5.41) is 8.87. The summed E-state index contributed by atoms with van der Waals surface area (Å²) in [4.78, 5) is 45.9. The van der Waals surface area contributed by atoms with Crippen molar-refractivity contribution in [1.82, 2.24) is 0 Å². The quantitative estimate of drug-likeness (QED) is 0.0234. The second-order valence-corrected chi connectivity index (χ2v) is 15.6. The zero-order chi connectivity index (χ0) is 40.7. The van der Waals surface area contributed by atoms with Crippen molar-refractivity contribution in [2.75, 3.05) is 19.8 Å². The summed E-state index contributed by atoms with van der Waals surface area (Å²) >= 11 is 0. The predicted octanol–water partition coefficient (Wildman–Crippen LogP) is 11.0. The normalized spacial score (nSPS) is 14.3. The average Bonchev–Trinajstić information content (AvgIpc) is 3.16. The van der Waals surface area contributed by atoms with Gasteiger partial charge >= 0.3 is 25.7 Å². The number of carbonyl (C=O) groups is 3. The molecular weight excluding hydrogens is 721 g/mol. The van der Waals surface area contributed by atoms with Crippen molar-refractivity contribution in [3.63, 3.8) is 0 Å². The second kappa shape index (κ2) is 38.3. The number of carboxylic acids is 1. The zero-order valence-corrected chi connectivity index (χ0v) is 35.2. The molecule has 0 rings (SSSR count). The number of esters is 2. The van der Waals surface area contributed by atoms with Crippen LogP contribution in [0.5, 0.6) is 0 Å². The third-order valence-corrected chi connectivity index (χ3v) is 9.78. The molecule has 0 aliphatic rings.